The van der Waals surface area contributed by atoms with Crippen LogP contribution in [0.2, 0.25) is 5.02 Å². The Labute approximate surface area is 118 Å². The van der Waals surface area contributed by atoms with E-state index in [0.717, 1.165) is 6.07 Å². The fourth-order valence-electron chi connectivity index (χ4n) is 1.67. The number of nitro groups is 1. The first-order valence-electron chi connectivity index (χ1n) is 5.42. The van der Waals surface area contributed by atoms with E-state index in [2.05, 4.69) is 0 Å². The Kier molecular flexibility index (Phi) is 3.58. The van der Waals surface area contributed by atoms with Crippen LogP contribution in [0.25, 0.3) is 0 Å². The quantitative estimate of drug-likeness (QED) is 0.392. The van der Waals surface area contributed by atoms with Gasteiger partial charge in [0.15, 0.2) is 11.5 Å². The van der Waals surface area contributed by atoms with Crippen molar-refractivity contribution >= 4 is 23.1 Å². The number of nitro benzene ring substituents is 1. The minimum Gasteiger partial charge on any atom is -0.503 e. The molecule has 0 spiro atoms. The number of phenols is 2. The SMILES string of the molecule is O=C(c1ccccc1)c1cc([N+](=O)[O-])c(O)c(O)c1Cl. The molecular weight excluding hydrogens is 286 g/mol. The zero-order valence-electron chi connectivity index (χ0n) is 9.91. The Bertz CT molecular complexity index is 700. The summed E-state index contributed by atoms with van der Waals surface area (Å²) >= 11 is 5.77. The number of benzene rings is 2. The van der Waals surface area contributed by atoms with Gasteiger partial charge in [-0.1, -0.05) is 41.9 Å². The minimum absolute atomic E-state index is 0.250. The third kappa shape index (κ3) is 2.28. The Hall–Kier alpha value is -2.60. The maximum atomic E-state index is 12.2. The third-order valence-corrected chi connectivity index (χ3v) is 3.05. The number of hydrogen-bond acceptors (Lipinski definition) is 5. The van der Waals surface area contributed by atoms with Gasteiger partial charge < -0.3 is 10.2 Å². The van der Waals surface area contributed by atoms with Crippen LogP contribution in [0.4, 0.5) is 5.69 Å². The standard InChI is InChI=1S/C13H8ClNO5/c14-10-8(11(16)7-4-2-1-3-5-7)6-9(15(19)20)12(17)13(10)18/h1-6,17-18H. The van der Waals surface area contributed by atoms with Crippen LogP contribution in [0.3, 0.4) is 0 Å². The monoisotopic (exact) mass is 293 g/mol. The predicted octanol–water partition coefficient (Wildman–Crippen LogP) is 2.89. The van der Waals surface area contributed by atoms with Gasteiger partial charge in [-0.05, 0) is 0 Å². The summed E-state index contributed by atoms with van der Waals surface area (Å²) in [6, 6.07) is 8.80. The molecule has 6 nitrogen and oxygen atoms in total. The van der Waals surface area contributed by atoms with Gasteiger partial charge >= 0.3 is 5.69 Å². The van der Waals surface area contributed by atoms with Crippen LogP contribution in [0.15, 0.2) is 36.4 Å². The molecule has 0 bridgehead atoms. The first-order chi connectivity index (χ1) is 9.43. The molecule has 2 aromatic rings. The van der Waals surface area contributed by atoms with Crippen LogP contribution in [0.5, 0.6) is 11.5 Å². The molecule has 0 saturated heterocycles. The van der Waals surface area contributed by atoms with E-state index in [4.69, 9.17) is 11.6 Å². The second-order valence-corrected chi connectivity index (χ2v) is 4.28. The van der Waals surface area contributed by atoms with E-state index < -0.39 is 32.9 Å². The average Bonchev–Trinajstić information content (AvgIpc) is 2.45. The van der Waals surface area contributed by atoms with E-state index in [1.54, 1.807) is 18.2 Å². The van der Waals surface area contributed by atoms with Crippen molar-refractivity contribution in [2.75, 3.05) is 0 Å². The molecule has 2 N–H and O–H groups in total. The van der Waals surface area contributed by atoms with Gasteiger partial charge in [0, 0.05) is 11.6 Å². The summed E-state index contributed by atoms with van der Waals surface area (Å²) in [5.74, 6) is -2.45. The molecule has 0 aliphatic carbocycles. The van der Waals surface area contributed by atoms with Crippen molar-refractivity contribution in [2.45, 2.75) is 0 Å². The lowest BCUT2D eigenvalue weighted by Crippen LogP contribution is -2.03. The largest absolute Gasteiger partial charge is 0.503 e. The molecule has 0 radical (unpaired) electrons. The molecule has 0 fully saturated rings. The van der Waals surface area contributed by atoms with Crippen molar-refractivity contribution in [3.63, 3.8) is 0 Å². The van der Waals surface area contributed by atoms with Crippen molar-refractivity contribution in [3.8, 4) is 11.5 Å². The Morgan fingerprint density at radius 3 is 2.30 bits per heavy atom. The second kappa shape index (κ2) is 5.18. The van der Waals surface area contributed by atoms with Crippen molar-refractivity contribution in [1.82, 2.24) is 0 Å². The Balaban J connectivity index is 2.63. The fourth-order valence-corrected chi connectivity index (χ4v) is 1.90. The molecule has 0 unspecified atom stereocenters. The number of halogens is 1. The zero-order valence-corrected chi connectivity index (χ0v) is 10.7. The van der Waals surface area contributed by atoms with Crippen LogP contribution < -0.4 is 0 Å². The van der Waals surface area contributed by atoms with Crippen LogP contribution in [-0.4, -0.2) is 20.9 Å². The summed E-state index contributed by atoms with van der Waals surface area (Å²) in [5, 5.41) is 29.4. The lowest BCUT2D eigenvalue weighted by atomic mass is 10.0. The number of nitrogens with zero attached hydrogens (tertiary/aromatic N) is 1. The summed E-state index contributed by atoms with van der Waals surface area (Å²) in [6.07, 6.45) is 0. The Morgan fingerprint density at radius 2 is 1.75 bits per heavy atom. The highest BCUT2D eigenvalue weighted by molar-refractivity contribution is 6.36. The van der Waals surface area contributed by atoms with Gasteiger partial charge in [-0.3, -0.25) is 14.9 Å². The van der Waals surface area contributed by atoms with Gasteiger partial charge in [-0.15, -0.1) is 0 Å². The highest BCUT2D eigenvalue weighted by Crippen LogP contribution is 2.43. The molecule has 0 atom stereocenters. The van der Waals surface area contributed by atoms with Gasteiger partial charge in [0.25, 0.3) is 0 Å². The number of ketones is 1. The summed E-state index contributed by atoms with van der Waals surface area (Å²) < 4.78 is 0. The molecule has 0 saturated carbocycles. The Morgan fingerprint density at radius 1 is 1.15 bits per heavy atom. The minimum atomic E-state index is -0.968. The summed E-state index contributed by atoms with van der Waals surface area (Å²) in [4.78, 5) is 22.1. The van der Waals surface area contributed by atoms with Gasteiger partial charge in [-0.2, -0.15) is 0 Å². The smallest absolute Gasteiger partial charge is 0.315 e. The normalized spacial score (nSPS) is 10.2. The van der Waals surface area contributed by atoms with E-state index in [1.807, 2.05) is 0 Å². The number of aromatic hydroxyl groups is 2. The van der Waals surface area contributed by atoms with Crippen LogP contribution in [0, 0.1) is 10.1 Å². The number of phenolic OH excluding ortho intramolecular Hbond substituents is 2. The number of carbonyl (C=O) groups excluding carboxylic acids is 1. The second-order valence-electron chi connectivity index (χ2n) is 3.91. The number of hydrogen-bond donors (Lipinski definition) is 2. The third-order valence-electron chi connectivity index (χ3n) is 2.67. The van der Waals surface area contributed by atoms with Gasteiger partial charge in [0.05, 0.1) is 15.5 Å². The lowest BCUT2D eigenvalue weighted by Gasteiger charge is -2.07. The first-order valence-corrected chi connectivity index (χ1v) is 5.80. The number of rotatable bonds is 3. The molecule has 2 rings (SSSR count). The molecule has 0 aliphatic heterocycles. The first kappa shape index (κ1) is 13.8. The van der Waals surface area contributed by atoms with Gasteiger partial charge in [0.2, 0.25) is 5.75 Å². The maximum Gasteiger partial charge on any atom is 0.315 e. The van der Waals surface area contributed by atoms with Crippen molar-refractivity contribution in [2.24, 2.45) is 0 Å². The molecule has 2 aromatic carbocycles. The molecule has 0 amide bonds. The van der Waals surface area contributed by atoms with Crippen LogP contribution >= 0.6 is 11.6 Å². The van der Waals surface area contributed by atoms with Gasteiger partial charge in [0.1, 0.15) is 0 Å². The van der Waals surface area contributed by atoms with E-state index in [9.17, 15) is 25.1 Å². The molecule has 102 valence electrons. The topological polar surface area (TPSA) is 101 Å². The fraction of sp³-hybridized carbons (Fsp3) is 0. The van der Waals surface area contributed by atoms with E-state index in [-0.39, 0.29) is 11.1 Å². The summed E-state index contributed by atoms with van der Waals surface area (Å²) in [5.41, 5.74) is -0.778. The molecule has 20 heavy (non-hydrogen) atoms. The maximum absolute atomic E-state index is 12.2. The summed E-state index contributed by atoms with van der Waals surface area (Å²) in [7, 11) is 0. The molecule has 0 aromatic heterocycles. The van der Waals surface area contributed by atoms with Crippen molar-refractivity contribution < 1.29 is 19.9 Å². The van der Waals surface area contributed by atoms with Gasteiger partial charge in [-0.25, -0.2) is 0 Å². The molecule has 7 heteroatoms. The zero-order chi connectivity index (χ0) is 14.9. The number of carbonyl (C=O) groups is 1. The van der Waals surface area contributed by atoms with E-state index in [0.29, 0.717) is 0 Å². The molecule has 0 heterocycles. The lowest BCUT2D eigenvalue weighted by molar-refractivity contribution is -0.386. The van der Waals surface area contributed by atoms with Crippen molar-refractivity contribution in [3.05, 3.63) is 62.7 Å². The summed E-state index contributed by atoms with van der Waals surface area (Å²) in [6.45, 7) is 0. The molecular formula is C13H8ClNO5. The van der Waals surface area contributed by atoms with E-state index >= 15 is 0 Å². The van der Waals surface area contributed by atoms with Crippen LogP contribution in [-0.2, 0) is 0 Å². The van der Waals surface area contributed by atoms with Crippen molar-refractivity contribution in [1.29, 1.82) is 0 Å². The predicted molar refractivity (Wildman–Crippen MR) is 71.3 cm³/mol. The highest BCUT2D eigenvalue weighted by atomic mass is 35.5. The van der Waals surface area contributed by atoms with Crippen LogP contribution in [0.1, 0.15) is 15.9 Å². The average molecular weight is 294 g/mol. The highest BCUT2D eigenvalue weighted by Gasteiger charge is 2.26. The molecule has 0 aliphatic rings. The van der Waals surface area contributed by atoms with E-state index in [1.165, 1.54) is 12.1 Å².